The molecule has 7 heteroatoms. The Labute approximate surface area is 118 Å². The lowest BCUT2D eigenvalue weighted by Crippen LogP contribution is -2.49. The van der Waals surface area contributed by atoms with E-state index in [4.69, 9.17) is 15.2 Å². The molecule has 1 aromatic carbocycles. The average molecular weight is 278 g/mol. The standard InChI is InChI=1S/C13H19BN2O4/c17-9-8-15-4-6-16(7-5-15)13(18)11-2-1-3-12(10-11)14(19)20/h1-3,10,17,19-20H,4-9H2. The number of benzene rings is 1. The van der Waals surface area contributed by atoms with E-state index in [1.807, 2.05) is 0 Å². The summed E-state index contributed by atoms with van der Waals surface area (Å²) >= 11 is 0. The molecule has 1 heterocycles. The Bertz CT molecular complexity index is 461. The number of aliphatic hydroxyl groups excluding tert-OH is 1. The van der Waals surface area contributed by atoms with Crippen LogP contribution in [0.3, 0.4) is 0 Å². The molecule has 0 bridgehead atoms. The maximum atomic E-state index is 12.3. The van der Waals surface area contributed by atoms with E-state index in [0.29, 0.717) is 30.7 Å². The van der Waals surface area contributed by atoms with Crippen LogP contribution in [-0.2, 0) is 0 Å². The highest BCUT2D eigenvalue weighted by molar-refractivity contribution is 6.58. The van der Waals surface area contributed by atoms with E-state index in [0.717, 1.165) is 13.1 Å². The number of rotatable bonds is 4. The van der Waals surface area contributed by atoms with E-state index < -0.39 is 7.12 Å². The Kier molecular flexibility index (Phi) is 5.14. The summed E-state index contributed by atoms with van der Waals surface area (Å²) < 4.78 is 0. The summed E-state index contributed by atoms with van der Waals surface area (Å²) in [4.78, 5) is 16.2. The summed E-state index contributed by atoms with van der Waals surface area (Å²) in [5.74, 6) is -0.101. The molecule has 0 unspecified atom stereocenters. The van der Waals surface area contributed by atoms with Crippen molar-refractivity contribution in [2.45, 2.75) is 0 Å². The van der Waals surface area contributed by atoms with Crippen molar-refractivity contribution >= 4 is 18.5 Å². The molecule has 1 amide bonds. The molecular formula is C13H19BN2O4. The van der Waals surface area contributed by atoms with Gasteiger partial charge in [0.15, 0.2) is 0 Å². The zero-order chi connectivity index (χ0) is 14.5. The van der Waals surface area contributed by atoms with Crippen LogP contribution in [-0.4, -0.2) is 77.3 Å². The molecule has 20 heavy (non-hydrogen) atoms. The first-order valence-corrected chi connectivity index (χ1v) is 6.70. The van der Waals surface area contributed by atoms with Crippen LogP contribution in [0.15, 0.2) is 24.3 Å². The van der Waals surface area contributed by atoms with E-state index in [1.165, 1.54) is 6.07 Å². The molecule has 1 aliphatic rings. The van der Waals surface area contributed by atoms with Gasteiger partial charge in [0, 0.05) is 38.3 Å². The van der Waals surface area contributed by atoms with Crippen LogP contribution in [0.1, 0.15) is 10.4 Å². The fraction of sp³-hybridized carbons (Fsp3) is 0.462. The zero-order valence-corrected chi connectivity index (χ0v) is 11.3. The maximum absolute atomic E-state index is 12.3. The van der Waals surface area contributed by atoms with Crippen LogP contribution in [0, 0.1) is 0 Å². The number of amides is 1. The van der Waals surface area contributed by atoms with E-state index >= 15 is 0 Å². The van der Waals surface area contributed by atoms with Crippen LogP contribution in [0.4, 0.5) is 0 Å². The van der Waals surface area contributed by atoms with Crippen LogP contribution in [0.2, 0.25) is 0 Å². The van der Waals surface area contributed by atoms with Gasteiger partial charge in [-0.1, -0.05) is 12.1 Å². The summed E-state index contributed by atoms with van der Waals surface area (Å²) in [5.41, 5.74) is 0.779. The third-order valence-electron chi connectivity index (χ3n) is 3.51. The molecule has 6 nitrogen and oxygen atoms in total. The zero-order valence-electron chi connectivity index (χ0n) is 11.3. The van der Waals surface area contributed by atoms with Gasteiger partial charge in [-0.25, -0.2) is 0 Å². The number of hydrogen-bond donors (Lipinski definition) is 3. The predicted molar refractivity (Wildman–Crippen MR) is 75.7 cm³/mol. The van der Waals surface area contributed by atoms with Gasteiger partial charge in [-0.2, -0.15) is 0 Å². The number of carbonyl (C=O) groups excluding carboxylic acids is 1. The Morgan fingerprint density at radius 2 is 1.90 bits per heavy atom. The first-order valence-electron chi connectivity index (χ1n) is 6.70. The van der Waals surface area contributed by atoms with Crippen LogP contribution < -0.4 is 5.46 Å². The van der Waals surface area contributed by atoms with Gasteiger partial charge >= 0.3 is 7.12 Å². The highest BCUT2D eigenvalue weighted by atomic mass is 16.4. The lowest BCUT2D eigenvalue weighted by Gasteiger charge is -2.34. The van der Waals surface area contributed by atoms with E-state index in [9.17, 15) is 4.79 Å². The van der Waals surface area contributed by atoms with E-state index in [-0.39, 0.29) is 12.5 Å². The third-order valence-corrected chi connectivity index (χ3v) is 3.51. The monoisotopic (exact) mass is 278 g/mol. The average Bonchev–Trinajstić information content (AvgIpc) is 2.48. The van der Waals surface area contributed by atoms with Gasteiger partial charge in [0.2, 0.25) is 0 Å². The second kappa shape index (κ2) is 6.85. The smallest absolute Gasteiger partial charge is 0.423 e. The molecule has 1 fully saturated rings. The Balaban J connectivity index is 2.00. The highest BCUT2D eigenvalue weighted by Crippen LogP contribution is 2.08. The van der Waals surface area contributed by atoms with Crippen molar-refractivity contribution in [3.63, 3.8) is 0 Å². The molecule has 1 aliphatic heterocycles. The fourth-order valence-electron chi connectivity index (χ4n) is 2.33. The number of hydrogen-bond acceptors (Lipinski definition) is 5. The third kappa shape index (κ3) is 3.58. The largest absolute Gasteiger partial charge is 0.488 e. The molecule has 0 aromatic heterocycles. The van der Waals surface area contributed by atoms with Crippen molar-refractivity contribution in [2.75, 3.05) is 39.3 Å². The summed E-state index contributed by atoms with van der Waals surface area (Å²) in [7, 11) is -1.57. The molecule has 0 atom stereocenters. The Morgan fingerprint density at radius 1 is 1.20 bits per heavy atom. The van der Waals surface area contributed by atoms with Crippen molar-refractivity contribution in [1.82, 2.24) is 9.80 Å². The van der Waals surface area contributed by atoms with E-state index in [1.54, 1.807) is 23.1 Å². The molecule has 0 radical (unpaired) electrons. The SMILES string of the molecule is O=C(c1cccc(B(O)O)c1)N1CCN(CCO)CC1. The number of nitrogens with zero attached hydrogens (tertiary/aromatic N) is 2. The summed E-state index contributed by atoms with van der Waals surface area (Å²) in [6.07, 6.45) is 0. The molecule has 0 saturated carbocycles. The molecule has 3 N–H and O–H groups in total. The Hall–Kier alpha value is -1.41. The first kappa shape index (κ1) is 15.0. The van der Waals surface area contributed by atoms with Crippen LogP contribution in [0.5, 0.6) is 0 Å². The van der Waals surface area contributed by atoms with Gasteiger partial charge in [0.1, 0.15) is 0 Å². The van der Waals surface area contributed by atoms with Gasteiger partial charge in [0.05, 0.1) is 6.61 Å². The molecule has 108 valence electrons. The molecule has 1 aromatic rings. The number of β-amino-alcohol motifs (C(OH)–C–C–N with tert-alkyl or cyclic N) is 1. The van der Waals surface area contributed by atoms with Gasteiger partial charge < -0.3 is 20.1 Å². The van der Waals surface area contributed by atoms with Crippen molar-refractivity contribution in [3.05, 3.63) is 29.8 Å². The van der Waals surface area contributed by atoms with Gasteiger partial charge in [-0.15, -0.1) is 0 Å². The van der Waals surface area contributed by atoms with Crippen LogP contribution in [0.25, 0.3) is 0 Å². The summed E-state index contributed by atoms with van der Waals surface area (Å²) in [5, 5.41) is 27.2. The summed E-state index contributed by atoms with van der Waals surface area (Å²) in [6.45, 7) is 3.48. The molecule has 1 saturated heterocycles. The number of aliphatic hydroxyl groups is 1. The van der Waals surface area contributed by atoms with Crippen molar-refractivity contribution in [2.24, 2.45) is 0 Å². The minimum Gasteiger partial charge on any atom is -0.423 e. The van der Waals surface area contributed by atoms with Gasteiger partial charge in [-0.05, 0) is 17.6 Å². The fourth-order valence-corrected chi connectivity index (χ4v) is 2.33. The number of piperazine rings is 1. The minimum atomic E-state index is -1.57. The summed E-state index contributed by atoms with van der Waals surface area (Å²) in [6, 6.07) is 6.39. The van der Waals surface area contributed by atoms with Gasteiger partial charge in [0.25, 0.3) is 5.91 Å². The molecular weight excluding hydrogens is 259 g/mol. The normalized spacial score (nSPS) is 16.2. The quantitative estimate of drug-likeness (QED) is 0.561. The molecule has 0 aliphatic carbocycles. The second-order valence-corrected chi connectivity index (χ2v) is 4.86. The molecule has 0 spiro atoms. The highest BCUT2D eigenvalue weighted by Gasteiger charge is 2.22. The number of carbonyl (C=O) groups is 1. The topological polar surface area (TPSA) is 84.2 Å². The molecule has 2 rings (SSSR count). The first-order chi connectivity index (χ1) is 9.61. The van der Waals surface area contributed by atoms with Crippen molar-refractivity contribution in [1.29, 1.82) is 0 Å². The minimum absolute atomic E-state index is 0.101. The predicted octanol–water partition coefficient (Wildman–Crippen LogP) is -1.88. The van der Waals surface area contributed by atoms with Gasteiger partial charge in [-0.3, -0.25) is 9.69 Å². The second-order valence-electron chi connectivity index (χ2n) is 4.86. The van der Waals surface area contributed by atoms with Crippen molar-refractivity contribution in [3.8, 4) is 0 Å². The Morgan fingerprint density at radius 3 is 2.50 bits per heavy atom. The van der Waals surface area contributed by atoms with Crippen LogP contribution >= 0.6 is 0 Å². The lowest BCUT2D eigenvalue weighted by molar-refractivity contribution is 0.0615. The van der Waals surface area contributed by atoms with E-state index in [2.05, 4.69) is 4.90 Å². The van der Waals surface area contributed by atoms with Crippen molar-refractivity contribution < 1.29 is 19.9 Å². The lowest BCUT2D eigenvalue weighted by atomic mass is 9.79. The maximum Gasteiger partial charge on any atom is 0.488 e.